The summed E-state index contributed by atoms with van der Waals surface area (Å²) in [5.74, 6) is 1.38. The third-order valence-corrected chi connectivity index (χ3v) is 3.44. The zero-order valence-electron chi connectivity index (χ0n) is 9.98. The Balaban J connectivity index is 1.83. The van der Waals surface area contributed by atoms with E-state index < -0.39 is 0 Å². The van der Waals surface area contributed by atoms with Crippen LogP contribution in [0.4, 0.5) is 0 Å². The van der Waals surface area contributed by atoms with E-state index in [0.29, 0.717) is 49.5 Å². The molecule has 1 atom stereocenters. The largest absolute Gasteiger partial charge is 0.486 e. The maximum absolute atomic E-state index is 12.2. The van der Waals surface area contributed by atoms with Gasteiger partial charge in [0, 0.05) is 24.3 Å². The number of benzene rings is 1. The van der Waals surface area contributed by atoms with Gasteiger partial charge in [-0.3, -0.25) is 9.59 Å². The van der Waals surface area contributed by atoms with E-state index in [1.165, 1.54) is 0 Å². The van der Waals surface area contributed by atoms with Crippen molar-refractivity contribution in [1.29, 1.82) is 0 Å². The summed E-state index contributed by atoms with van der Waals surface area (Å²) in [6.45, 7) is 1.05. The zero-order chi connectivity index (χ0) is 12.5. The van der Waals surface area contributed by atoms with Crippen molar-refractivity contribution in [2.24, 2.45) is 5.92 Å². The lowest BCUT2D eigenvalue weighted by molar-refractivity contribution is -0.117. The van der Waals surface area contributed by atoms with Crippen LogP contribution in [0.15, 0.2) is 18.2 Å². The molecule has 1 saturated carbocycles. The topological polar surface area (TPSA) is 52.6 Å². The number of fused-ring (bicyclic) bond motifs is 1. The molecule has 2 aliphatic rings. The predicted molar refractivity (Wildman–Crippen MR) is 64.1 cm³/mol. The Morgan fingerprint density at radius 1 is 1.17 bits per heavy atom. The van der Waals surface area contributed by atoms with Crippen LogP contribution < -0.4 is 9.47 Å². The summed E-state index contributed by atoms with van der Waals surface area (Å²) in [6.07, 6.45) is 1.58. The van der Waals surface area contributed by atoms with Crippen molar-refractivity contribution in [2.45, 2.75) is 19.3 Å². The first-order valence-electron chi connectivity index (χ1n) is 6.19. The zero-order valence-corrected chi connectivity index (χ0v) is 9.98. The van der Waals surface area contributed by atoms with E-state index in [9.17, 15) is 9.59 Å². The van der Waals surface area contributed by atoms with Crippen LogP contribution in [0.2, 0.25) is 0 Å². The van der Waals surface area contributed by atoms with Crippen LogP contribution in [-0.4, -0.2) is 24.8 Å². The van der Waals surface area contributed by atoms with Crippen molar-refractivity contribution >= 4 is 11.6 Å². The fraction of sp³-hybridized carbons (Fsp3) is 0.429. The van der Waals surface area contributed by atoms with Gasteiger partial charge in [0.25, 0.3) is 0 Å². The first kappa shape index (κ1) is 11.3. The van der Waals surface area contributed by atoms with Crippen LogP contribution in [-0.2, 0) is 4.79 Å². The van der Waals surface area contributed by atoms with E-state index in [2.05, 4.69) is 0 Å². The molecule has 0 saturated heterocycles. The Morgan fingerprint density at radius 2 is 1.94 bits per heavy atom. The van der Waals surface area contributed by atoms with Gasteiger partial charge in [-0.25, -0.2) is 0 Å². The van der Waals surface area contributed by atoms with Crippen LogP contribution in [0, 0.1) is 5.92 Å². The molecule has 1 aromatic rings. The summed E-state index contributed by atoms with van der Waals surface area (Å²) in [7, 11) is 0. The lowest BCUT2D eigenvalue weighted by Gasteiger charge is -2.19. The normalized spacial score (nSPS) is 22.0. The van der Waals surface area contributed by atoms with Crippen LogP contribution in [0.3, 0.4) is 0 Å². The van der Waals surface area contributed by atoms with Crippen LogP contribution in [0.25, 0.3) is 0 Å². The quantitative estimate of drug-likeness (QED) is 0.749. The van der Waals surface area contributed by atoms with Gasteiger partial charge in [0.05, 0.1) is 0 Å². The van der Waals surface area contributed by atoms with Crippen molar-refractivity contribution in [2.75, 3.05) is 13.2 Å². The molecule has 1 unspecified atom stereocenters. The molecule has 1 aromatic carbocycles. The number of ether oxygens (including phenoxy) is 2. The molecule has 18 heavy (non-hydrogen) atoms. The molecule has 1 heterocycles. The standard InChI is InChI=1S/C14H14O4/c15-11-3-1-9(7-11)14(16)10-2-4-12-13(8-10)18-6-5-17-12/h2,4,8-9H,1,3,5-7H2. The first-order chi connectivity index (χ1) is 8.74. The molecule has 0 radical (unpaired) electrons. The fourth-order valence-electron chi connectivity index (χ4n) is 2.47. The van der Waals surface area contributed by atoms with Gasteiger partial charge in [-0.15, -0.1) is 0 Å². The molecule has 1 aliphatic carbocycles. The molecule has 0 N–H and O–H groups in total. The molecule has 94 valence electrons. The molecule has 0 spiro atoms. The number of Topliss-reactive ketones (excluding diaryl/α,β-unsaturated/α-hetero) is 2. The van der Waals surface area contributed by atoms with Crippen molar-refractivity contribution < 1.29 is 19.1 Å². The molecule has 0 aromatic heterocycles. The van der Waals surface area contributed by atoms with E-state index >= 15 is 0 Å². The highest BCUT2D eigenvalue weighted by atomic mass is 16.6. The molecule has 1 fully saturated rings. The van der Waals surface area contributed by atoms with E-state index in [1.54, 1.807) is 18.2 Å². The maximum Gasteiger partial charge on any atom is 0.166 e. The molecule has 0 bridgehead atoms. The molecular formula is C14H14O4. The van der Waals surface area contributed by atoms with Gasteiger partial charge < -0.3 is 9.47 Å². The minimum absolute atomic E-state index is 0.0397. The van der Waals surface area contributed by atoms with Crippen molar-refractivity contribution in [3.8, 4) is 11.5 Å². The molecule has 3 rings (SSSR count). The third kappa shape index (κ3) is 1.98. The van der Waals surface area contributed by atoms with Gasteiger partial charge in [0.1, 0.15) is 19.0 Å². The highest BCUT2D eigenvalue weighted by molar-refractivity contribution is 6.02. The SMILES string of the molecule is O=C1CCC(C(=O)c2ccc3c(c2)OCCO3)C1. The summed E-state index contributed by atoms with van der Waals surface area (Å²) >= 11 is 0. The number of rotatable bonds is 2. The molecule has 1 aliphatic heterocycles. The van der Waals surface area contributed by atoms with E-state index in [4.69, 9.17) is 9.47 Å². The monoisotopic (exact) mass is 246 g/mol. The Kier molecular flexibility index (Phi) is 2.78. The van der Waals surface area contributed by atoms with Gasteiger partial charge in [0.15, 0.2) is 17.3 Å². The first-order valence-corrected chi connectivity index (χ1v) is 6.19. The second kappa shape index (κ2) is 4.44. The summed E-state index contributed by atoms with van der Waals surface area (Å²) in [4.78, 5) is 23.5. The van der Waals surface area contributed by atoms with Gasteiger partial charge in [-0.05, 0) is 24.6 Å². The summed E-state index contributed by atoms with van der Waals surface area (Å²) in [5.41, 5.74) is 0.610. The number of carbonyl (C=O) groups excluding carboxylic acids is 2. The summed E-state index contributed by atoms with van der Waals surface area (Å²) in [6, 6.07) is 5.23. The van der Waals surface area contributed by atoms with Crippen LogP contribution in [0.1, 0.15) is 29.6 Å². The molecular weight excluding hydrogens is 232 g/mol. The number of hydrogen-bond acceptors (Lipinski definition) is 4. The molecule has 4 heteroatoms. The average molecular weight is 246 g/mol. The Bertz CT molecular complexity index is 507. The van der Waals surface area contributed by atoms with E-state index in [0.717, 1.165) is 0 Å². The van der Waals surface area contributed by atoms with Gasteiger partial charge in [-0.1, -0.05) is 0 Å². The highest BCUT2D eigenvalue weighted by Crippen LogP contribution is 2.33. The van der Waals surface area contributed by atoms with Crippen molar-refractivity contribution in [3.05, 3.63) is 23.8 Å². The van der Waals surface area contributed by atoms with E-state index in [1.807, 2.05) is 0 Å². The lowest BCUT2D eigenvalue weighted by atomic mass is 9.96. The smallest absolute Gasteiger partial charge is 0.166 e. The van der Waals surface area contributed by atoms with Crippen LogP contribution >= 0.6 is 0 Å². The lowest BCUT2D eigenvalue weighted by Crippen LogP contribution is -2.17. The fourth-order valence-corrected chi connectivity index (χ4v) is 2.47. The Hall–Kier alpha value is -1.84. The Labute approximate surface area is 105 Å². The maximum atomic E-state index is 12.2. The second-order valence-corrected chi connectivity index (χ2v) is 4.70. The Morgan fingerprint density at radius 3 is 2.67 bits per heavy atom. The summed E-state index contributed by atoms with van der Waals surface area (Å²) in [5, 5.41) is 0. The predicted octanol–water partition coefficient (Wildman–Crippen LogP) is 2.01. The minimum atomic E-state index is -0.153. The van der Waals surface area contributed by atoms with Crippen LogP contribution in [0.5, 0.6) is 11.5 Å². The molecule has 0 amide bonds. The minimum Gasteiger partial charge on any atom is -0.486 e. The van der Waals surface area contributed by atoms with E-state index in [-0.39, 0.29) is 17.5 Å². The third-order valence-electron chi connectivity index (χ3n) is 3.44. The van der Waals surface area contributed by atoms with Gasteiger partial charge in [0.2, 0.25) is 0 Å². The second-order valence-electron chi connectivity index (χ2n) is 4.70. The number of carbonyl (C=O) groups is 2. The highest BCUT2D eigenvalue weighted by Gasteiger charge is 2.29. The molecule has 4 nitrogen and oxygen atoms in total. The van der Waals surface area contributed by atoms with Gasteiger partial charge >= 0.3 is 0 Å². The van der Waals surface area contributed by atoms with Gasteiger partial charge in [-0.2, -0.15) is 0 Å². The van der Waals surface area contributed by atoms with Crippen molar-refractivity contribution in [3.63, 3.8) is 0 Å². The number of ketones is 2. The van der Waals surface area contributed by atoms with Crippen molar-refractivity contribution in [1.82, 2.24) is 0 Å². The summed E-state index contributed by atoms with van der Waals surface area (Å²) < 4.78 is 10.9. The number of hydrogen-bond donors (Lipinski definition) is 0. The average Bonchev–Trinajstić information content (AvgIpc) is 2.84.